The molecular formula is C13H20N4. The topological polar surface area (TPSA) is 74.7 Å². The van der Waals surface area contributed by atoms with Gasteiger partial charge in [-0.2, -0.15) is 5.26 Å². The quantitative estimate of drug-likeness (QED) is 0.836. The van der Waals surface area contributed by atoms with Crippen LogP contribution in [0.15, 0.2) is 12.1 Å². The molecule has 92 valence electrons. The molecule has 0 unspecified atom stereocenters. The van der Waals surface area contributed by atoms with Crippen LogP contribution in [-0.2, 0) is 0 Å². The largest absolute Gasteiger partial charge is 0.396 e. The number of nitriles is 1. The van der Waals surface area contributed by atoms with Gasteiger partial charge in [-0.05, 0) is 23.5 Å². The molecule has 1 rings (SSSR count). The average Bonchev–Trinajstić information content (AvgIpc) is 2.28. The number of pyridine rings is 1. The molecule has 0 atom stereocenters. The highest BCUT2D eigenvalue weighted by molar-refractivity contribution is 5.54. The van der Waals surface area contributed by atoms with Gasteiger partial charge in [-0.25, -0.2) is 4.98 Å². The van der Waals surface area contributed by atoms with Crippen LogP contribution in [0.2, 0.25) is 0 Å². The maximum absolute atomic E-state index is 8.84. The van der Waals surface area contributed by atoms with Crippen molar-refractivity contribution >= 4 is 11.5 Å². The van der Waals surface area contributed by atoms with Crippen LogP contribution in [0.25, 0.3) is 0 Å². The Morgan fingerprint density at radius 3 is 2.65 bits per heavy atom. The Kier molecular flexibility index (Phi) is 3.95. The lowest BCUT2D eigenvalue weighted by molar-refractivity contribution is 0.269. The van der Waals surface area contributed by atoms with E-state index in [9.17, 15) is 0 Å². The summed E-state index contributed by atoms with van der Waals surface area (Å²) in [6, 6.07) is 5.48. The molecule has 17 heavy (non-hydrogen) atoms. The van der Waals surface area contributed by atoms with E-state index in [-0.39, 0.29) is 11.1 Å². The number of hydrogen-bond donors (Lipinski definition) is 2. The van der Waals surface area contributed by atoms with Gasteiger partial charge in [0.25, 0.3) is 0 Å². The number of rotatable bonds is 4. The molecule has 0 fully saturated rings. The maximum Gasteiger partial charge on any atom is 0.165 e. The van der Waals surface area contributed by atoms with E-state index in [0.717, 1.165) is 6.54 Å². The van der Waals surface area contributed by atoms with Crippen molar-refractivity contribution in [3.05, 3.63) is 17.8 Å². The summed E-state index contributed by atoms with van der Waals surface area (Å²) in [5, 5.41) is 12.1. The van der Waals surface area contributed by atoms with E-state index < -0.39 is 0 Å². The van der Waals surface area contributed by atoms with E-state index in [4.69, 9.17) is 11.0 Å². The molecule has 0 aliphatic carbocycles. The normalized spacial score (nSPS) is 11.3. The number of aromatic nitrogens is 1. The average molecular weight is 232 g/mol. The number of hydrogen-bond acceptors (Lipinski definition) is 4. The summed E-state index contributed by atoms with van der Waals surface area (Å²) in [6.07, 6.45) is 0. The van der Waals surface area contributed by atoms with Crippen molar-refractivity contribution in [1.82, 2.24) is 4.98 Å². The van der Waals surface area contributed by atoms with Gasteiger partial charge < -0.3 is 11.1 Å². The molecule has 0 bridgehead atoms. The van der Waals surface area contributed by atoms with E-state index in [0.29, 0.717) is 17.4 Å². The van der Waals surface area contributed by atoms with Gasteiger partial charge >= 0.3 is 0 Å². The van der Waals surface area contributed by atoms with Crippen LogP contribution < -0.4 is 11.1 Å². The SMILES string of the molecule is CC(C)C(C)(C)CNc1ccc(N)c(C#N)n1. The van der Waals surface area contributed by atoms with Gasteiger partial charge in [0.15, 0.2) is 5.69 Å². The van der Waals surface area contributed by atoms with Gasteiger partial charge in [0.2, 0.25) is 0 Å². The molecule has 0 amide bonds. The van der Waals surface area contributed by atoms with E-state index >= 15 is 0 Å². The highest BCUT2D eigenvalue weighted by Crippen LogP contribution is 2.26. The van der Waals surface area contributed by atoms with Crippen molar-refractivity contribution in [2.75, 3.05) is 17.6 Å². The Bertz CT molecular complexity index is 430. The van der Waals surface area contributed by atoms with Crippen LogP contribution in [0.5, 0.6) is 0 Å². The van der Waals surface area contributed by atoms with E-state index in [2.05, 4.69) is 38.0 Å². The standard InChI is InChI=1S/C13H20N4/c1-9(2)13(3,4)8-16-12-6-5-10(15)11(7-14)17-12/h5-6,9H,8,15H2,1-4H3,(H,16,17). The summed E-state index contributed by atoms with van der Waals surface area (Å²) in [5.41, 5.74) is 6.49. The third kappa shape index (κ3) is 3.35. The monoisotopic (exact) mass is 232 g/mol. The zero-order chi connectivity index (χ0) is 13.1. The maximum atomic E-state index is 8.84. The molecule has 0 aromatic carbocycles. The number of nitrogens with two attached hydrogens (primary N) is 1. The Labute approximate surface area is 103 Å². The summed E-state index contributed by atoms with van der Waals surface area (Å²) in [4.78, 5) is 4.16. The first-order valence-corrected chi connectivity index (χ1v) is 5.77. The minimum atomic E-state index is 0.176. The third-order valence-electron chi connectivity index (χ3n) is 3.32. The minimum absolute atomic E-state index is 0.176. The fourth-order valence-corrected chi connectivity index (χ4v) is 1.18. The molecule has 1 aromatic heterocycles. The zero-order valence-electron chi connectivity index (χ0n) is 10.9. The number of nitrogens with zero attached hydrogens (tertiary/aromatic N) is 2. The lowest BCUT2D eigenvalue weighted by Gasteiger charge is -2.29. The second-order valence-electron chi connectivity index (χ2n) is 5.24. The molecule has 0 saturated heterocycles. The summed E-state index contributed by atoms with van der Waals surface area (Å²) in [5.74, 6) is 1.27. The minimum Gasteiger partial charge on any atom is -0.396 e. The predicted molar refractivity (Wildman–Crippen MR) is 70.5 cm³/mol. The molecular weight excluding hydrogens is 212 g/mol. The molecule has 1 heterocycles. The van der Waals surface area contributed by atoms with Gasteiger partial charge in [-0.15, -0.1) is 0 Å². The van der Waals surface area contributed by atoms with Gasteiger partial charge in [-0.3, -0.25) is 0 Å². The van der Waals surface area contributed by atoms with E-state index in [1.807, 2.05) is 6.07 Å². The van der Waals surface area contributed by atoms with Crippen LogP contribution in [0.4, 0.5) is 11.5 Å². The summed E-state index contributed by atoms with van der Waals surface area (Å²) in [6.45, 7) is 9.60. The van der Waals surface area contributed by atoms with Crippen LogP contribution in [-0.4, -0.2) is 11.5 Å². The molecule has 0 saturated carbocycles. The smallest absolute Gasteiger partial charge is 0.165 e. The molecule has 1 aromatic rings. The summed E-state index contributed by atoms with van der Waals surface area (Å²) < 4.78 is 0. The van der Waals surface area contributed by atoms with Gasteiger partial charge in [0.1, 0.15) is 11.9 Å². The Morgan fingerprint density at radius 1 is 1.47 bits per heavy atom. The fraction of sp³-hybridized carbons (Fsp3) is 0.538. The predicted octanol–water partition coefficient (Wildman–Crippen LogP) is 2.63. The molecule has 0 radical (unpaired) electrons. The first-order valence-electron chi connectivity index (χ1n) is 5.77. The van der Waals surface area contributed by atoms with Crippen LogP contribution in [0, 0.1) is 22.7 Å². The Morgan fingerprint density at radius 2 is 2.12 bits per heavy atom. The second kappa shape index (κ2) is 5.05. The summed E-state index contributed by atoms with van der Waals surface area (Å²) in [7, 11) is 0. The van der Waals surface area contributed by atoms with Crippen LogP contribution in [0.3, 0.4) is 0 Å². The second-order valence-corrected chi connectivity index (χ2v) is 5.24. The molecule has 4 heteroatoms. The molecule has 4 nitrogen and oxygen atoms in total. The van der Waals surface area contributed by atoms with Crippen molar-refractivity contribution in [2.45, 2.75) is 27.7 Å². The lowest BCUT2D eigenvalue weighted by atomic mass is 9.81. The van der Waals surface area contributed by atoms with Crippen LogP contribution >= 0.6 is 0 Å². The van der Waals surface area contributed by atoms with Crippen molar-refractivity contribution in [1.29, 1.82) is 5.26 Å². The van der Waals surface area contributed by atoms with Crippen molar-refractivity contribution < 1.29 is 0 Å². The molecule has 0 aliphatic rings. The van der Waals surface area contributed by atoms with Gasteiger partial charge in [0, 0.05) is 6.54 Å². The van der Waals surface area contributed by atoms with E-state index in [1.54, 1.807) is 12.1 Å². The fourth-order valence-electron chi connectivity index (χ4n) is 1.18. The molecule has 0 spiro atoms. The first kappa shape index (κ1) is 13.3. The molecule has 3 N–H and O–H groups in total. The number of nitrogens with one attached hydrogen (secondary N) is 1. The van der Waals surface area contributed by atoms with Gasteiger partial charge in [0.05, 0.1) is 5.69 Å². The summed E-state index contributed by atoms with van der Waals surface area (Å²) >= 11 is 0. The highest BCUT2D eigenvalue weighted by atomic mass is 15.0. The zero-order valence-corrected chi connectivity index (χ0v) is 10.9. The lowest BCUT2D eigenvalue weighted by Crippen LogP contribution is -2.28. The Hall–Kier alpha value is -1.76. The van der Waals surface area contributed by atoms with Crippen molar-refractivity contribution in [3.63, 3.8) is 0 Å². The third-order valence-corrected chi connectivity index (χ3v) is 3.32. The van der Waals surface area contributed by atoms with Gasteiger partial charge in [-0.1, -0.05) is 27.7 Å². The number of anilines is 2. The van der Waals surface area contributed by atoms with Crippen LogP contribution in [0.1, 0.15) is 33.4 Å². The Balaban J connectivity index is 2.74. The highest BCUT2D eigenvalue weighted by Gasteiger charge is 2.22. The van der Waals surface area contributed by atoms with E-state index in [1.165, 1.54) is 0 Å². The first-order chi connectivity index (χ1) is 7.86. The number of nitrogen functional groups attached to an aromatic ring is 1. The van der Waals surface area contributed by atoms with Crippen molar-refractivity contribution in [2.24, 2.45) is 11.3 Å². The molecule has 0 aliphatic heterocycles. The van der Waals surface area contributed by atoms with Crippen molar-refractivity contribution in [3.8, 4) is 6.07 Å².